The van der Waals surface area contributed by atoms with E-state index in [9.17, 15) is 14.4 Å². The van der Waals surface area contributed by atoms with Crippen molar-refractivity contribution < 1.29 is 29.0 Å². The quantitative estimate of drug-likeness (QED) is 0.257. The molecular weight excluding hydrogens is 290 g/mol. The number of fused-ring (bicyclic) bond motifs is 1. The Labute approximate surface area is 118 Å². The third kappa shape index (κ3) is 2.38. The van der Waals surface area contributed by atoms with Crippen LogP contribution in [0.2, 0.25) is 0 Å². The van der Waals surface area contributed by atoms with E-state index < -0.39 is 17.9 Å². The van der Waals surface area contributed by atoms with Gasteiger partial charge in [-0.15, -0.1) is 11.8 Å². The molecule has 1 fully saturated rings. The van der Waals surface area contributed by atoms with Gasteiger partial charge in [-0.05, 0) is 5.57 Å². The fraction of sp³-hybridized carbons (Fsp3) is 0.500. The molecule has 2 amide bonds. The summed E-state index contributed by atoms with van der Waals surface area (Å²) in [5.41, 5.74) is 0.573. The minimum atomic E-state index is -0.803. The standard InChI is InChI=1S/C10H13N3O6S/c1-17-19-10(16)7-5(2-18-11)3-20-9-6(12-4-14)8(15)13(7)9/h4,6,9H,2-3,11H2,1H3,(H,12,14). The van der Waals surface area contributed by atoms with Gasteiger partial charge in [-0.3, -0.25) is 19.4 Å². The molecule has 2 atom stereocenters. The van der Waals surface area contributed by atoms with Crippen LogP contribution in [0.5, 0.6) is 0 Å². The molecule has 2 aliphatic rings. The van der Waals surface area contributed by atoms with Crippen LogP contribution in [0.4, 0.5) is 0 Å². The predicted octanol–water partition coefficient (Wildman–Crippen LogP) is -1.73. The average molecular weight is 303 g/mol. The summed E-state index contributed by atoms with van der Waals surface area (Å²) in [4.78, 5) is 48.9. The second kappa shape index (κ2) is 6.22. The molecule has 110 valence electrons. The van der Waals surface area contributed by atoms with Gasteiger partial charge in [0.25, 0.3) is 5.91 Å². The first kappa shape index (κ1) is 14.8. The van der Waals surface area contributed by atoms with Crippen molar-refractivity contribution >= 4 is 30.0 Å². The van der Waals surface area contributed by atoms with Gasteiger partial charge in [-0.25, -0.2) is 10.7 Å². The van der Waals surface area contributed by atoms with Gasteiger partial charge >= 0.3 is 5.97 Å². The van der Waals surface area contributed by atoms with Gasteiger partial charge < -0.3 is 10.2 Å². The summed E-state index contributed by atoms with van der Waals surface area (Å²) in [5.74, 6) is 4.24. The number of carbonyl (C=O) groups is 3. The molecule has 2 heterocycles. The summed E-state index contributed by atoms with van der Waals surface area (Å²) in [6.45, 7) is -0.0105. The molecule has 0 aromatic rings. The zero-order valence-electron chi connectivity index (χ0n) is 10.5. The molecule has 20 heavy (non-hydrogen) atoms. The third-order valence-corrected chi connectivity index (χ3v) is 4.24. The van der Waals surface area contributed by atoms with Gasteiger partial charge in [-0.1, -0.05) is 0 Å². The number of β-lactam (4-membered cyclic amide) rings is 1. The molecule has 0 aliphatic carbocycles. The molecule has 2 unspecified atom stereocenters. The van der Waals surface area contributed by atoms with Crippen LogP contribution in [0.15, 0.2) is 11.3 Å². The summed E-state index contributed by atoms with van der Waals surface area (Å²) in [6, 6.07) is -0.650. The van der Waals surface area contributed by atoms with Gasteiger partial charge in [0.2, 0.25) is 6.41 Å². The van der Waals surface area contributed by atoms with Gasteiger partial charge in [0, 0.05) is 5.75 Å². The molecule has 0 radical (unpaired) electrons. The van der Waals surface area contributed by atoms with Crippen LogP contribution in [-0.4, -0.2) is 54.1 Å². The number of amides is 2. The van der Waals surface area contributed by atoms with E-state index >= 15 is 0 Å². The number of hydrogen-bond acceptors (Lipinski definition) is 8. The summed E-state index contributed by atoms with van der Waals surface area (Å²) in [5, 5.41) is 2.06. The maximum Gasteiger partial charge on any atom is 0.389 e. The van der Waals surface area contributed by atoms with E-state index in [1.54, 1.807) is 0 Å². The first-order chi connectivity index (χ1) is 9.65. The molecule has 9 nitrogen and oxygen atoms in total. The second-order valence-corrected chi connectivity index (χ2v) is 5.08. The molecule has 0 bridgehead atoms. The van der Waals surface area contributed by atoms with Crippen molar-refractivity contribution in [2.45, 2.75) is 11.4 Å². The van der Waals surface area contributed by atoms with Crippen molar-refractivity contribution in [3.8, 4) is 0 Å². The number of carbonyl (C=O) groups excluding carboxylic acids is 3. The highest BCUT2D eigenvalue weighted by atomic mass is 32.2. The first-order valence-corrected chi connectivity index (χ1v) is 6.63. The lowest BCUT2D eigenvalue weighted by molar-refractivity contribution is -0.252. The van der Waals surface area contributed by atoms with Crippen molar-refractivity contribution in [2.24, 2.45) is 5.90 Å². The van der Waals surface area contributed by atoms with Crippen LogP contribution in [0.3, 0.4) is 0 Å². The maximum absolute atomic E-state index is 12.0. The fourth-order valence-electron chi connectivity index (χ4n) is 2.09. The Bertz CT molecular complexity index is 468. The third-order valence-electron chi connectivity index (χ3n) is 2.90. The highest BCUT2D eigenvalue weighted by Crippen LogP contribution is 2.40. The Kier molecular flexibility index (Phi) is 4.60. The SMILES string of the molecule is COOC(=O)C1=C(CON)CSC2C(NC=O)C(=O)N12. The van der Waals surface area contributed by atoms with Crippen molar-refractivity contribution in [1.82, 2.24) is 10.2 Å². The van der Waals surface area contributed by atoms with E-state index in [2.05, 4.69) is 19.9 Å². The summed E-state index contributed by atoms with van der Waals surface area (Å²) < 4.78 is 0. The Balaban J connectivity index is 2.27. The summed E-state index contributed by atoms with van der Waals surface area (Å²) in [7, 11) is 1.18. The molecule has 0 spiro atoms. The highest BCUT2D eigenvalue weighted by Gasteiger charge is 2.54. The second-order valence-electron chi connectivity index (χ2n) is 3.97. The highest BCUT2D eigenvalue weighted by molar-refractivity contribution is 8.00. The van der Waals surface area contributed by atoms with E-state index in [-0.39, 0.29) is 17.7 Å². The summed E-state index contributed by atoms with van der Waals surface area (Å²) >= 11 is 1.39. The predicted molar refractivity (Wildman–Crippen MR) is 66.3 cm³/mol. The molecule has 0 saturated carbocycles. The van der Waals surface area contributed by atoms with E-state index in [0.29, 0.717) is 17.7 Å². The van der Waals surface area contributed by atoms with E-state index in [0.717, 1.165) is 0 Å². The molecule has 0 aromatic carbocycles. The number of thioether (sulfide) groups is 1. The molecular formula is C10H13N3O6S. The van der Waals surface area contributed by atoms with Gasteiger partial charge in [-0.2, -0.15) is 4.89 Å². The van der Waals surface area contributed by atoms with Crippen LogP contribution in [-0.2, 0) is 29.0 Å². The molecule has 1 saturated heterocycles. The van der Waals surface area contributed by atoms with Crippen molar-refractivity contribution in [1.29, 1.82) is 0 Å². The van der Waals surface area contributed by atoms with Crippen LogP contribution >= 0.6 is 11.8 Å². The Hall–Kier alpha value is -1.62. The minimum absolute atomic E-state index is 0.0105. The normalized spacial score (nSPS) is 24.9. The monoisotopic (exact) mass is 303 g/mol. The minimum Gasteiger partial charge on any atom is -0.344 e. The topological polar surface area (TPSA) is 120 Å². The van der Waals surface area contributed by atoms with Gasteiger partial charge in [0.1, 0.15) is 17.1 Å². The first-order valence-electron chi connectivity index (χ1n) is 5.58. The van der Waals surface area contributed by atoms with Crippen LogP contribution in [0.25, 0.3) is 0 Å². The zero-order chi connectivity index (χ0) is 14.7. The largest absolute Gasteiger partial charge is 0.389 e. The lowest BCUT2D eigenvalue weighted by atomic mass is 10.0. The lowest BCUT2D eigenvalue weighted by Gasteiger charge is -2.49. The van der Waals surface area contributed by atoms with Gasteiger partial charge in [0.05, 0.1) is 13.7 Å². The molecule has 10 heteroatoms. The number of nitrogens with two attached hydrogens (primary N) is 1. The van der Waals surface area contributed by atoms with Crippen molar-refractivity contribution in [3.05, 3.63) is 11.3 Å². The molecule has 2 aliphatic heterocycles. The van der Waals surface area contributed by atoms with E-state index in [1.165, 1.54) is 23.8 Å². The van der Waals surface area contributed by atoms with Crippen molar-refractivity contribution in [2.75, 3.05) is 19.5 Å². The number of rotatable bonds is 6. The Morgan fingerprint density at radius 1 is 1.65 bits per heavy atom. The summed E-state index contributed by atoms with van der Waals surface area (Å²) in [6.07, 6.45) is 0.454. The number of hydrogen-bond donors (Lipinski definition) is 2. The Morgan fingerprint density at radius 2 is 2.40 bits per heavy atom. The molecule has 0 aromatic heterocycles. The fourth-order valence-corrected chi connectivity index (χ4v) is 3.43. The van der Waals surface area contributed by atoms with Crippen LogP contribution < -0.4 is 11.2 Å². The maximum atomic E-state index is 12.0. The van der Waals surface area contributed by atoms with Gasteiger partial charge in [0.15, 0.2) is 0 Å². The average Bonchev–Trinajstić information content (AvgIpc) is 2.44. The van der Waals surface area contributed by atoms with E-state index in [1.807, 2.05) is 0 Å². The van der Waals surface area contributed by atoms with Crippen LogP contribution in [0, 0.1) is 0 Å². The van der Waals surface area contributed by atoms with E-state index in [4.69, 9.17) is 5.90 Å². The molecule has 3 N–H and O–H groups in total. The Morgan fingerprint density at radius 3 is 3.00 bits per heavy atom. The smallest absolute Gasteiger partial charge is 0.344 e. The van der Waals surface area contributed by atoms with Crippen molar-refractivity contribution in [3.63, 3.8) is 0 Å². The number of nitrogens with zero attached hydrogens (tertiary/aromatic N) is 1. The molecule has 2 rings (SSSR count). The van der Waals surface area contributed by atoms with Crippen LogP contribution in [0.1, 0.15) is 0 Å². The zero-order valence-corrected chi connectivity index (χ0v) is 11.3. The lowest BCUT2D eigenvalue weighted by Crippen LogP contribution is -2.69. The number of nitrogens with one attached hydrogen (secondary N) is 1.